The van der Waals surface area contributed by atoms with Gasteiger partial charge >= 0.3 is 0 Å². The van der Waals surface area contributed by atoms with Gasteiger partial charge in [-0.2, -0.15) is 0 Å². The quantitative estimate of drug-likeness (QED) is 0.369. The van der Waals surface area contributed by atoms with Crippen LogP contribution in [0.2, 0.25) is 0 Å². The average molecular weight is 485 g/mol. The summed E-state index contributed by atoms with van der Waals surface area (Å²) in [4.78, 5) is 0. The largest absolute Gasteiger partial charge is 0.496 e. The Morgan fingerprint density at radius 2 is 1.03 bits per heavy atom. The summed E-state index contributed by atoms with van der Waals surface area (Å²) >= 11 is 0. The van der Waals surface area contributed by atoms with E-state index in [1.807, 2.05) is 7.11 Å². The summed E-state index contributed by atoms with van der Waals surface area (Å²) in [5.74, 6) is 2.21. The molecule has 0 aromatic heterocycles. The third-order valence-corrected chi connectivity index (χ3v) is 7.43. The molecule has 0 heterocycles. The number of benzene rings is 3. The Morgan fingerprint density at radius 1 is 0.611 bits per heavy atom. The van der Waals surface area contributed by atoms with E-state index in [1.54, 1.807) is 0 Å². The molecule has 192 valence electrons. The highest BCUT2D eigenvalue weighted by molar-refractivity contribution is 5.49. The molecular weight excluding hydrogens is 440 g/mol. The van der Waals surface area contributed by atoms with Crippen molar-refractivity contribution in [2.24, 2.45) is 0 Å². The van der Waals surface area contributed by atoms with Crippen molar-refractivity contribution in [3.8, 4) is 11.5 Å². The first kappa shape index (κ1) is 26.3. The summed E-state index contributed by atoms with van der Waals surface area (Å²) in [6.45, 7) is 14.5. The number of methoxy groups -OCH3 is 1. The molecule has 1 aliphatic rings. The third-order valence-electron chi connectivity index (χ3n) is 7.43. The van der Waals surface area contributed by atoms with Gasteiger partial charge in [0.15, 0.2) is 0 Å². The summed E-state index contributed by atoms with van der Waals surface area (Å²) in [7, 11) is 1.83. The van der Waals surface area contributed by atoms with Gasteiger partial charge in [-0.05, 0) is 88.3 Å². The van der Waals surface area contributed by atoms with Crippen LogP contribution in [-0.2, 0) is 43.1 Å². The van der Waals surface area contributed by atoms with Crippen molar-refractivity contribution < 1.29 is 9.47 Å². The lowest BCUT2D eigenvalue weighted by molar-refractivity contribution is 0.298. The van der Waals surface area contributed by atoms with Crippen LogP contribution in [0.5, 0.6) is 11.5 Å². The lowest BCUT2D eigenvalue weighted by atomic mass is 9.81. The lowest BCUT2D eigenvalue weighted by Gasteiger charge is -2.26. The molecule has 2 nitrogen and oxygen atoms in total. The van der Waals surface area contributed by atoms with Gasteiger partial charge in [-0.1, -0.05) is 96.1 Å². The molecule has 0 spiro atoms. The summed E-state index contributed by atoms with van der Waals surface area (Å²) in [6, 6.07) is 20.1. The predicted molar refractivity (Wildman–Crippen MR) is 152 cm³/mol. The second-order valence-electron chi connectivity index (χ2n) is 12.4. The van der Waals surface area contributed by atoms with E-state index in [0.29, 0.717) is 6.61 Å². The van der Waals surface area contributed by atoms with Crippen LogP contribution in [0.15, 0.2) is 54.6 Å². The predicted octanol–water partition coefficient (Wildman–Crippen LogP) is 8.53. The average Bonchev–Trinajstić information content (AvgIpc) is 2.82. The van der Waals surface area contributed by atoms with Gasteiger partial charge in [0, 0.05) is 0 Å². The minimum Gasteiger partial charge on any atom is -0.496 e. The Balaban J connectivity index is 1.73. The standard InChI is InChI=1S/C34H44O2/c1-33(2,3)29-19-25-15-11-17-27-21-30(34(4,5)6)22-28(18-12-16-26(20-29)31(25)35-7)32(27)36-23-24-13-9-8-10-14-24/h8-10,13-14,19-22H,11-12,15-18,23H2,1-7H3. The molecule has 0 saturated heterocycles. The van der Waals surface area contributed by atoms with Crippen LogP contribution in [-0.4, -0.2) is 7.11 Å². The molecular formula is C34H44O2. The maximum absolute atomic E-state index is 6.60. The van der Waals surface area contributed by atoms with E-state index in [9.17, 15) is 0 Å². The van der Waals surface area contributed by atoms with Crippen molar-refractivity contribution in [1.29, 1.82) is 0 Å². The number of fused-ring (bicyclic) bond motifs is 4. The molecule has 2 heteroatoms. The Morgan fingerprint density at radius 3 is 1.42 bits per heavy atom. The summed E-state index contributed by atoms with van der Waals surface area (Å²) in [5, 5.41) is 0. The highest BCUT2D eigenvalue weighted by atomic mass is 16.5. The maximum Gasteiger partial charge on any atom is 0.126 e. The molecule has 1 aliphatic carbocycles. The van der Waals surface area contributed by atoms with Gasteiger partial charge in [-0.15, -0.1) is 0 Å². The Kier molecular flexibility index (Phi) is 7.83. The van der Waals surface area contributed by atoms with E-state index in [0.717, 1.165) is 50.0 Å². The highest BCUT2D eigenvalue weighted by Gasteiger charge is 2.23. The van der Waals surface area contributed by atoms with Crippen LogP contribution in [0.4, 0.5) is 0 Å². The minimum absolute atomic E-state index is 0.105. The molecule has 4 rings (SSSR count). The van der Waals surface area contributed by atoms with E-state index >= 15 is 0 Å². The molecule has 0 amide bonds. The van der Waals surface area contributed by atoms with Crippen molar-refractivity contribution in [2.75, 3.05) is 7.11 Å². The van der Waals surface area contributed by atoms with Gasteiger partial charge in [0.05, 0.1) is 7.11 Å². The number of rotatable bonds is 4. The fourth-order valence-corrected chi connectivity index (χ4v) is 5.23. The van der Waals surface area contributed by atoms with Gasteiger partial charge < -0.3 is 9.47 Å². The van der Waals surface area contributed by atoms with E-state index in [-0.39, 0.29) is 10.8 Å². The first-order valence-corrected chi connectivity index (χ1v) is 13.6. The number of hydrogen-bond donors (Lipinski definition) is 0. The topological polar surface area (TPSA) is 18.5 Å². The van der Waals surface area contributed by atoms with Crippen molar-refractivity contribution in [2.45, 2.75) is 97.5 Å². The SMILES string of the molecule is COc1c2cc(C(C)(C)C)cc1CCCc1cc(C(C)(C)C)cc(c1OCc1ccccc1)CCC2. The van der Waals surface area contributed by atoms with Gasteiger partial charge in [-0.25, -0.2) is 0 Å². The normalized spacial score (nSPS) is 14.5. The number of ether oxygens (including phenoxy) is 2. The molecule has 0 unspecified atom stereocenters. The van der Waals surface area contributed by atoms with Gasteiger partial charge in [0.25, 0.3) is 0 Å². The molecule has 36 heavy (non-hydrogen) atoms. The fourth-order valence-electron chi connectivity index (χ4n) is 5.23. The first-order chi connectivity index (χ1) is 17.1. The van der Waals surface area contributed by atoms with Crippen LogP contribution in [0.25, 0.3) is 0 Å². The van der Waals surface area contributed by atoms with Gasteiger partial charge in [-0.3, -0.25) is 0 Å². The smallest absolute Gasteiger partial charge is 0.126 e. The molecule has 3 aromatic rings. The second-order valence-corrected chi connectivity index (χ2v) is 12.4. The molecule has 0 saturated carbocycles. The Labute approximate surface area is 219 Å². The van der Waals surface area contributed by atoms with Crippen LogP contribution >= 0.6 is 0 Å². The zero-order valence-corrected chi connectivity index (χ0v) is 23.5. The monoisotopic (exact) mass is 484 g/mol. The summed E-state index contributed by atoms with van der Waals surface area (Å²) in [5.41, 5.74) is 9.64. The van der Waals surface area contributed by atoms with Gasteiger partial charge in [0.1, 0.15) is 18.1 Å². The highest BCUT2D eigenvalue weighted by Crippen LogP contribution is 2.38. The molecule has 0 aliphatic heterocycles. The van der Waals surface area contributed by atoms with E-state index in [2.05, 4.69) is 96.1 Å². The van der Waals surface area contributed by atoms with Crippen molar-refractivity contribution in [1.82, 2.24) is 0 Å². The zero-order chi connectivity index (χ0) is 25.9. The van der Waals surface area contributed by atoms with Crippen molar-refractivity contribution >= 4 is 0 Å². The third kappa shape index (κ3) is 6.14. The minimum atomic E-state index is 0.105. The van der Waals surface area contributed by atoms with E-state index in [4.69, 9.17) is 9.47 Å². The molecule has 3 aromatic carbocycles. The van der Waals surface area contributed by atoms with Crippen LogP contribution in [0.3, 0.4) is 0 Å². The van der Waals surface area contributed by atoms with Gasteiger partial charge in [0.2, 0.25) is 0 Å². The van der Waals surface area contributed by atoms with Crippen molar-refractivity contribution in [3.63, 3.8) is 0 Å². The van der Waals surface area contributed by atoms with E-state index in [1.165, 1.54) is 38.9 Å². The van der Waals surface area contributed by atoms with Crippen LogP contribution in [0, 0.1) is 0 Å². The van der Waals surface area contributed by atoms with Crippen LogP contribution < -0.4 is 9.47 Å². The fraction of sp³-hybridized carbons (Fsp3) is 0.471. The van der Waals surface area contributed by atoms with E-state index < -0.39 is 0 Å². The number of hydrogen-bond acceptors (Lipinski definition) is 2. The van der Waals surface area contributed by atoms with Crippen LogP contribution in [0.1, 0.15) is 93.3 Å². The summed E-state index contributed by atoms with van der Waals surface area (Å²) in [6.07, 6.45) is 6.15. The summed E-state index contributed by atoms with van der Waals surface area (Å²) < 4.78 is 12.6. The maximum atomic E-state index is 6.60. The second kappa shape index (κ2) is 10.7. The zero-order valence-electron chi connectivity index (χ0n) is 23.5. The Hall–Kier alpha value is -2.74. The number of aryl methyl sites for hydroxylation is 4. The Bertz CT molecular complexity index is 1120. The molecule has 0 atom stereocenters. The molecule has 0 fully saturated rings. The molecule has 4 bridgehead atoms. The lowest BCUT2D eigenvalue weighted by Crippen LogP contribution is -2.15. The first-order valence-electron chi connectivity index (χ1n) is 13.6. The molecule has 0 N–H and O–H groups in total. The van der Waals surface area contributed by atoms with Crippen molar-refractivity contribution in [3.05, 3.63) is 93.5 Å². The molecule has 0 radical (unpaired) electrons.